The molecule has 214 valence electrons. The van der Waals surface area contributed by atoms with Gasteiger partial charge < -0.3 is 15.0 Å². The zero-order valence-corrected chi connectivity index (χ0v) is 21.3. The van der Waals surface area contributed by atoms with E-state index in [4.69, 9.17) is 23.2 Å². The number of H-pyrrole nitrogens is 3. The monoisotopic (exact) mass is 617 g/mol. The molecule has 0 unspecified atom stereocenters. The van der Waals surface area contributed by atoms with Gasteiger partial charge in [0.25, 0.3) is 0 Å². The first-order valence-electron chi connectivity index (χ1n) is 10.4. The molecule has 5 heterocycles. The lowest BCUT2D eigenvalue weighted by molar-refractivity contribution is -0.386. The third-order valence-corrected chi connectivity index (χ3v) is 4.85. The van der Waals surface area contributed by atoms with Gasteiger partial charge in [0.15, 0.2) is 11.0 Å². The second kappa shape index (κ2) is 14.8. The maximum absolute atomic E-state index is 12.9. The van der Waals surface area contributed by atoms with Crippen molar-refractivity contribution >= 4 is 45.5 Å². The van der Waals surface area contributed by atoms with Gasteiger partial charge >= 0.3 is 16.9 Å². The minimum absolute atomic E-state index is 0.286. The molecule has 13 nitrogen and oxygen atoms in total. The summed E-state index contributed by atoms with van der Waals surface area (Å²) >= 11 is 10.9. The number of pyridine rings is 4. The topological polar surface area (TPSA) is 194 Å². The smallest absolute Gasteiger partial charge is 0.336 e. The van der Waals surface area contributed by atoms with E-state index in [-0.39, 0.29) is 16.5 Å². The normalized spacial score (nSPS) is 9.80. The number of nitro groups is 2. The summed E-state index contributed by atoms with van der Waals surface area (Å²) < 4.78 is 49.3. The van der Waals surface area contributed by atoms with E-state index in [2.05, 4.69) is 19.9 Å². The fourth-order valence-electron chi connectivity index (χ4n) is 2.50. The zero-order chi connectivity index (χ0) is 30.7. The zero-order valence-electron chi connectivity index (χ0n) is 19.8. The largest absolute Gasteiger partial charge is 0.359 e. The maximum Gasteiger partial charge on any atom is 0.336 e. The number of nitrogens with zero attached hydrogens (tertiary/aromatic N) is 4. The minimum Gasteiger partial charge on any atom is -0.359 e. The summed E-state index contributed by atoms with van der Waals surface area (Å²) in [7, 11) is 0. The number of hydrogen-bond donors (Lipinski definition) is 3. The molecule has 19 heteroatoms. The minimum atomic E-state index is -0.943. The maximum atomic E-state index is 12.9. The lowest BCUT2D eigenvalue weighted by Gasteiger charge is -1.92. The van der Waals surface area contributed by atoms with Crippen molar-refractivity contribution in [2.24, 2.45) is 0 Å². The molecule has 41 heavy (non-hydrogen) atoms. The van der Waals surface area contributed by atoms with Gasteiger partial charge in [-0.25, -0.2) is 27.5 Å². The summed E-state index contributed by atoms with van der Waals surface area (Å²) in [4.78, 5) is 52.8. The van der Waals surface area contributed by atoms with Crippen LogP contribution in [-0.4, -0.2) is 34.8 Å². The van der Waals surface area contributed by atoms with Crippen LogP contribution in [0.4, 0.5) is 28.9 Å². The number of halogens is 6. The van der Waals surface area contributed by atoms with Crippen molar-refractivity contribution in [3.8, 4) is 0 Å². The molecule has 0 aliphatic heterocycles. The van der Waals surface area contributed by atoms with Gasteiger partial charge in [-0.2, -0.15) is 0 Å². The molecule has 0 bridgehead atoms. The first-order valence-corrected chi connectivity index (χ1v) is 11.1. The third-order valence-electron chi connectivity index (χ3n) is 4.28. The molecule has 0 atom stereocenters. The Morgan fingerprint density at radius 1 is 0.732 bits per heavy atom. The highest BCUT2D eigenvalue weighted by Gasteiger charge is 2.14. The van der Waals surface area contributed by atoms with Crippen LogP contribution >= 0.6 is 23.2 Å². The standard InChI is InChI=1S/C7H4ClFN2.C5H2ClFN2O2.C5H3FN2O3.C5H4FNO/c8-7-6-4(1-2-10-6)5(9)3-11-7;6-5-4(9(10)11)1-3(7)2-8-5;6-3-1-4(8(10)11)5(9)7-2-3;6-4-1-2-5(8)7-3-4/h1-3,10H;1-2H;1-2H,(H,7,9);1-3H,(H,7,8). The second-order valence-electron chi connectivity index (χ2n) is 7.04. The summed E-state index contributed by atoms with van der Waals surface area (Å²) in [6, 6.07) is 5.15. The van der Waals surface area contributed by atoms with Crippen molar-refractivity contribution in [3.05, 3.63) is 136 Å². The predicted octanol–water partition coefficient (Wildman–Crippen LogP) is 5.07. The average Bonchev–Trinajstić information content (AvgIpc) is 3.43. The van der Waals surface area contributed by atoms with Crippen LogP contribution in [0.5, 0.6) is 0 Å². The third kappa shape index (κ3) is 9.83. The number of fused-ring (bicyclic) bond motifs is 1. The molecule has 0 aliphatic carbocycles. The molecule has 0 amide bonds. The molecule has 5 aromatic rings. The van der Waals surface area contributed by atoms with E-state index in [0.29, 0.717) is 22.1 Å². The highest BCUT2D eigenvalue weighted by atomic mass is 35.5. The molecular formula is C22H13Cl2F4N7O6. The van der Waals surface area contributed by atoms with Crippen LogP contribution in [0.3, 0.4) is 0 Å². The van der Waals surface area contributed by atoms with Crippen LogP contribution in [0, 0.1) is 43.5 Å². The SMILES string of the molecule is Fc1cnc(Cl)c2[nH]ccc12.O=[N+]([O-])c1cc(F)cnc1Cl.O=c1[nH]cc(F)cc1[N+](=O)[O-].O=c1ccc(F)c[nH]1. The summed E-state index contributed by atoms with van der Waals surface area (Å²) in [6.07, 6.45) is 5.33. The fourth-order valence-corrected chi connectivity index (χ4v) is 2.88. The number of hydrogen-bond acceptors (Lipinski definition) is 8. The highest BCUT2D eigenvalue weighted by Crippen LogP contribution is 2.22. The van der Waals surface area contributed by atoms with Gasteiger partial charge in [-0.3, -0.25) is 29.8 Å². The van der Waals surface area contributed by atoms with Crippen LogP contribution in [-0.2, 0) is 0 Å². The van der Waals surface area contributed by atoms with Gasteiger partial charge in [0.2, 0.25) is 10.7 Å². The summed E-state index contributed by atoms with van der Waals surface area (Å²) in [5, 5.41) is 20.5. The number of aromatic amines is 3. The first-order chi connectivity index (χ1) is 19.3. The van der Waals surface area contributed by atoms with Crippen molar-refractivity contribution in [1.29, 1.82) is 0 Å². The van der Waals surface area contributed by atoms with Gasteiger partial charge in [-0.15, -0.1) is 0 Å². The molecule has 0 aliphatic rings. The molecule has 0 aromatic carbocycles. The number of rotatable bonds is 2. The van der Waals surface area contributed by atoms with Gasteiger partial charge in [0.05, 0.1) is 39.9 Å². The van der Waals surface area contributed by atoms with E-state index >= 15 is 0 Å². The average molecular weight is 618 g/mol. The molecule has 3 N–H and O–H groups in total. The van der Waals surface area contributed by atoms with Gasteiger partial charge in [0.1, 0.15) is 17.5 Å². The van der Waals surface area contributed by atoms with Crippen LogP contribution < -0.4 is 11.1 Å². The van der Waals surface area contributed by atoms with Crippen molar-refractivity contribution in [2.45, 2.75) is 0 Å². The molecule has 0 saturated carbocycles. The first kappa shape index (κ1) is 32.1. The molecule has 0 saturated heterocycles. The van der Waals surface area contributed by atoms with Crippen molar-refractivity contribution in [1.82, 2.24) is 24.9 Å². The van der Waals surface area contributed by atoms with Gasteiger partial charge in [0, 0.05) is 30.0 Å². The lowest BCUT2D eigenvalue weighted by atomic mass is 10.3. The molecule has 0 radical (unpaired) electrons. The molecule has 0 fully saturated rings. The van der Waals surface area contributed by atoms with Crippen LogP contribution in [0.2, 0.25) is 10.3 Å². The van der Waals surface area contributed by atoms with E-state index in [0.717, 1.165) is 43.0 Å². The van der Waals surface area contributed by atoms with E-state index in [9.17, 15) is 47.4 Å². The molecular weight excluding hydrogens is 605 g/mol. The van der Waals surface area contributed by atoms with E-state index in [1.165, 1.54) is 0 Å². The number of aromatic nitrogens is 5. The predicted molar refractivity (Wildman–Crippen MR) is 138 cm³/mol. The number of nitrogens with one attached hydrogen (secondary N) is 3. The second-order valence-corrected chi connectivity index (χ2v) is 7.76. The van der Waals surface area contributed by atoms with Gasteiger partial charge in [-0.1, -0.05) is 23.2 Å². The van der Waals surface area contributed by atoms with Crippen molar-refractivity contribution in [3.63, 3.8) is 0 Å². The molecule has 0 spiro atoms. The summed E-state index contributed by atoms with van der Waals surface area (Å²) in [5.74, 6) is -2.40. The highest BCUT2D eigenvalue weighted by molar-refractivity contribution is 6.33. The lowest BCUT2D eigenvalue weighted by Crippen LogP contribution is -2.10. The van der Waals surface area contributed by atoms with E-state index in [1.54, 1.807) is 12.3 Å². The fraction of sp³-hybridized carbons (Fsp3) is 0. The van der Waals surface area contributed by atoms with Gasteiger partial charge in [-0.05, 0) is 12.1 Å². The Kier molecular flexibility index (Phi) is 11.6. The Hall–Kier alpha value is -5.16. The van der Waals surface area contributed by atoms with Crippen LogP contribution in [0.25, 0.3) is 10.9 Å². The van der Waals surface area contributed by atoms with Crippen molar-refractivity contribution < 1.29 is 27.4 Å². The van der Waals surface area contributed by atoms with Crippen LogP contribution in [0.15, 0.2) is 70.9 Å². The molecule has 5 rings (SSSR count). The Labute approximate surface area is 233 Å². The van der Waals surface area contributed by atoms with Crippen LogP contribution in [0.1, 0.15) is 0 Å². The van der Waals surface area contributed by atoms with E-state index in [1.807, 2.05) is 4.98 Å². The quantitative estimate of drug-likeness (QED) is 0.106. The summed E-state index contributed by atoms with van der Waals surface area (Å²) in [6.45, 7) is 0. The Balaban J connectivity index is 0.000000193. The Morgan fingerprint density at radius 2 is 1.34 bits per heavy atom. The molecule has 5 aromatic heterocycles. The van der Waals surface area contributed by atoms with Crippen molar-refractivity contribution in [2.75, 3.05) is 0 Å². The Morgan fingerprint density at radius 3 is 1.85 bits per heavy atom. The Bertz CT molecular complexity index is 1740. The van der Waals surface area contributed by atoms with E-state index < -0.39 is 44.2 Å². The summed E-state index contributed by atoms with van der Waals surface area (Å²) in [5.41, 5.74) is -1.95.